The van der Waals surface area contributed by atoms with Crippen LogP contribution in [0, 0.1) is 0 Å². The quantitative estimate of drug-likeness (QED) is 0.912. The monoisotopic (exact) mass is 345 g/mol. The number of rotatable bonds is 4. The molecule has 1 fully saturated rings. The van der Waals surface area contributed by atoms with Crippen molar-refractivity contribution in [3.63, 3.8) is 0 Å². The van der Waals surface area contributed by atoms with Crippen LogP contribution in [0.15, 0.2) is 28.7 Å². The predicted molar refractivity (Wildman–Crippen MR) is 81.9 cm³/mol. The van der Waals surface area contributed by atoms with Crippen LogP contribution in [0.5, 0.6) is 0 Å². The highest BCUT2D eigenvalue weighted by atomic mass is 79.9. The summed E-state index contributed by atoms with van der Waals surface area (Å²) in [6.45, 7) is 0.726. The van der Waals surface area contributed by atoms with Gasteiger partial charge < -0.3 is 5.32 Å². The highest BCUT2D eigenvalue weighted by molar-refractivity contribution is 9.10. The van der Waals surface area contributed by atoms with Gasteiger partial charge in [0.05, 0.1) is 5.25 Å². The number of hydrogen-bond donors (Lipinski definition) is 1. The highest BCUT2D eigenvalue weighted by Gasteiger charge is 2.32. The highest BCUT2D eigenvalue weighted by Crippen LogP contribution is 2.24. The Labute approximate surface area is 123 Å². The van der Waals surface area contributed by atoms with Gasteiger partial charge in [0.15, 0.2) is 9.84 Å². The van der Waals surface area contributed by atoms with Gasteiger partial charge in [0, 0.05) is 23.3 Å². The molecule has 0 saturated heterocycles. The van der Waals surface area contributed by atoms with Crippen LogP contribution < -0.4 is 5.32 Å². The van der Waals surface area contributed by atoms with Gasteiger partial charge in [0.2, 0.25) is 0 Å². The maximum atomic E-state index is 11.8. The topological polar surface area (TPSA) is 46.2 Å². The van der Waals surface area contributed by atoms with Crippen LogP contribution in [0.25, 0.3) is 0 Å². The first-order valence-corrected chi connectivity index (χ1v) is 9.38. The average molecular weight is 346 g/mol. The molecule has 0 unspecified atom stereocenters. The minimum absolute atomic E-state index is 0.0902. The Balaban J connectivity index is 1.98. The molecule has 5 heteroatoms. The smallest absolute Gasteiger partial charge is 0.151 e. The SMILES string of the molecule is CS(=O)(=O)[C@@H]1CCCC[C@@H]1NCc1ccc(Br)cc1. The molecule has 3 nitrogen and oxygen atoms in total. The molecule has 106 valence electrons. The van der Waals surface area contributed by atoms with E-state index in [1.807, 2.05) is 12.1 Å². The standard InChI is InChI=1S/C14H20BrNO2S/c1-19(17,18)14-5-3-2-4-13(14)16-10-11-6-8-12(15)9-7-11/h6-9,13-14,16H,2-5,10H2,1H3/t13-,14+/m0/s1. The molecule has 1 aromatic rings. The van der Waals surface area contributed by atoms with Gasteiger partial charge in [-0.25, -0.2) is 8.42 Å². The van der Waals surface area contributed by atoms with Crippen molar-refractivity contribution in [1.29, 1.82) is 0 Å². The third kappa shape index (κ3) is 4.29. The summed E-state index contributed by atoms with van der Waals surface area (Å²) in [5, 5.41) is 3.19. The Morgan fingerprint density at radius 2 is 1.84 bits per heavy atom. The number of nitrogens with one attached hydrogen (secondary N) is 1. The third-order valence-electron chi connectivity index (χ3n) is 3.73. The average Bonchev–Trinajstić information content (AvgIpc) is 2.37. The van der Waals surface area contributed by atoms with Crippen LogP contribution in [-0.2, 0) is 16.4 Å². The fourth-order valence-corrected chi connectivity index (χ4v) is 4.38. The van der Waals surface area contributed by atoms with Crippen molar-refractivity contribution in [1.82, 2.24) is 5.32 Å². The van der Waals surface area contributed by atoms with Crippen molar-refractivity contribution in [2.45, 2.75) is 43.5 Å². The van der Waals surface area contributed by atoms with Crippen LogP contribution in [-0.4, -0.2) is 26.0 Å². The minimum Gasteiger partial charge on any atom is -0.309 e. The van der Waals surface area contributed by atoms with E-state index in [-0.39, 0.29) is 11.3 Å². The summed E-state index contributed by atoms with van der Waals surface area (Å²) in [5.74, 6) is 0. The lowest BCUT2D eigenvalue weighted by Gasteiger charge is -2.31. The van der Waals surface area contributed by atoms with Gasteiger partial charge in [-0.1, -0.05) is 40.9 Å². The van der Waals surface area contributed by atoms with Crippen molar-refractivity contribution in [2.75, 3.05) is 6.26 Å². The summed E-state index contributed by atoms with van der Waals surface area (Å²) in [6.07, 6.45) is 5.24. The van der Waals surface area contributed by atoms with Crippen LogP contribution in [0.4, 0.5) is 0 Å². The second-order valence-corrected chi connectivity index (χ2v) is 8.45. The van der Waals surface area contributed by atoms with Crippen molar-refractivity contribution < 1.29 is 8.42 Å². The van der Waals surface area contributed by atoms with E-state index in [4.69, 9.17) is 0 Å². The van der Waals surface area contributed by atoms with Crippen LogP contribution in [0.2, 0.25) is 0 Å². The normalized spacial score (nSPS) is 24.3. The molecule has 1 aliphatic rings. The zero-order valence-corrected chi connectivity index (χ0v) is 13.5. The summed E-state index contributed by atoms with van der Waals surface area (Å²) in [6, 6.07) is 8.20. The Morgan fingerprint density at radius 3 is 2.47 bits per heavy atom. The van der Waals surface area contributed by atoms with Crippen LogP contribution >= 0.6 is 15.9 Å². The molecular weight excluding hydrogens is 326 g/mol. The lowest BCUT2D eigenvalue weighted by molar-refractivity contribution is 0.370. The van der Waals surface area contributed by atoms with E-state index in [0.717, 1.165) is 36.7 Å². The molecule has 0 radical (unpaired) electrons. The number of benzene rings is 1. The lowest BCUT2D eigenvalue weighted by Crippen LogP contribution is -2.45. The molecule has 1 N–H and O–H groups in total. The van der Waals surface area contributed by atoms with Crippen molar-refractivity contribution in [2.24, 2.45) is 0 Å². The molecule has 1 saturated carbocycles. The zero-order chi connectivity index (χ0) is 13.9. The maximum absolute atomic E-state index is 11.8. The first kappa shape index (κ1) is 15.0. The fourth-order valence-electron chi connectivity index (χ4n) is 2.69. The molecular formula is C14H20BrNO2S. The number of sulfone groups is 1. The summed E-state index contributed by atoms with van der Waals surface area (Å²) in [5.41, 5.74) is 1.18. The lowest BCUT2D eigenvalue weighted by atomic mass is 9.94. The molecule has 0 aliphatic heterocycles. The fraction of sp³-hybridized carbons (Fsp3) is 0.571. The van der Waals surface area contributed by atoms with Gasteiger partial charge in [-0.2, -0.15) is 0 Å². The second-order valence-electron chi connectivity index (χ2n) is 5.27. The third-order valence-corrected chi connectivity index (χ3v) is 5.93. The molecule has 0 aromatic heterocycles. The number of hydrogen-bond acceptors (Lipinski definition) is 3. The van der Waals surface area contributed by atoms with Crippen LogP contribution in [0.1, 0.15) is 31.2 Å². The van der Waals surface area contributed by atoms with Gasteiger partial charge >= 0.3 is 0 Å². The van der Waals surface area contributed by atoms with E-state index in [9.17, 15) is 8.42 Å². The number of halogens is 1. The second kappa shape index (κ2) is 6.37. The summed E-state index contributed by atoms with van der Waals surface area (Å²) in [4.78, 5) is 0. The van der Waals surface area contributed by atoms with E-state index in [1.165, 1.54) is 11.8 Å². The van der Waals surface area contributed by atoms with E-state index in [1.54, 1.807) is 0 Å². The van der Waals surface area contributed by atoms with E-state index >= 15 is 0 Å². The molecule has 1 aromatic carbocycles. The predicted octanol–water partition coefficient (Wildman–Crippen LogP) is 2.89. The molecule has 0 bridgehead atoms. The molecule has 1 aliphatic carbocycles. The summed E-state index contributed by atoms with van der Waals surface area (Å²) in [7, 11) is -2.96. The summed E-state index contributed by atoms with van der Waals surface area (Å²) < 4.78 is 24.7. The van der Waals surface area contributed by atoms with E-state index in [2.05, 4.69) is 33.4 Å². The molecule has 2 rings (SSSR count). The van der Waals surface area contributed by atoms with Gasteiger partial charge in [0.1, 0.15) is 0 Å². The Hall–Kier alpha value is -0.390. The van der Waals surface area contributed by atoms with Gasteiger partial charge in [-0.15, -0.1) is 0 Å². The zero-order valence-electron chi connectivity index (χ0n) is 11.1. The van der Waals surface area contributed by atoms with E-state index < -0.39 is 9.84 Å². The Bertz CT molecular complexity index is 513. The van der Waals surface area contributed by atoms with Gasteiger partial charge in [-0.05, 0) is 30.5 Å². The molecule has 0 heterocycles. The largest absolute Gasteiger partial charge is 0.309 e. The molecule has 0 amide bonds. The summed E-state index contributed by atoms with van der Waals surface area (Å²) >= 11 is 3.41. The Kier molecular flexibility index (Phi) is 5.03. The van der Waals surface area contributed by atoms with Crippen molar-refractivity contribution in [3.05, 3.63) is 34.3 Å². The first-order valence-electron chi connectivity index (χ1n) is 6.63. The first-order chi connectivity index (χ1) is 8.97. The van der Waals surface area contributed by atoms with Gasteiger partial charge in [0.25, 0.3) is 0 Å². The molecule has 2 atom stereocenters. The van der Waals surface area contributed by atoms with Crippen molar-refractivity contribution >= 4 is 25.8 Å². The van der Waals surface area contributed by atoms with E-state index in [0.29, 0.717) is 0 Å². The minimum atomic E-state index is -2.96. The molecule has 0 spiro atoms. The van der Waals surface area contributed by atoms with Crippen LogP contribution in [0.3, 0.4) is 0 Å². The Morgan fingerprint density at radius 1 is 1.21 bits per heavy atom. The maximum Gasteiger partial charge on any atom is 0.151 e. The van der Waals surface area contributed by atoms with Crippen molar-refractivity contribution in [3.8, 4) is 0 Å². The molecule has 19 heavy (non-hydrogen) atoms. The van der Waals surface area contributed by atoms with Gasteiger partial charge in [-0.3, -0.25) is 0 Å².